The van der Waals surface area contributed by atoms with Crippen LogP contribution in [0.5, 0.6) is 0 Å². The number of carbonyl (C=O) groups is 1. The van der Waals surface area contributed by atoms with Gasteiger partial charge >= 0.3 is 0 Å². The maximum absolute atomic E-state index is 12.6. The van der Waals surface area contributed by atoms with Crippen LogP contribution in [0.4, 0.5) is 5.69 Å². The third kappa shape index (κ3) is 5.37. The second-order valence-electron chi connectivity index (χ2n) is 8.77. The molecule has 1 saturated heterocycles. The van der Waals surface area contributed by atoms with Gasteiger partial charge in [0.1, 0.15) is 5.76 Å². The Bertz CT molecular complexity index is 1150. The fourth-order valence-corrected chi connectivity index (χ4v) is 4.74. The maximum Gasteiger partial charge on any atom is 0.273 e. The van der Waals surface area contributed by atoms with Gasteiger partial charge in [-0.05, 0) is 70.0 Å². The first-order chi connectivity index (χ1) is 15.7. The predicted octanol–water partition coefficient (Wildman–Crippen LogP) is 4.86. The second-order valence-corrected chi connectivity index (χ2v) is 9.18. The summed E-state index contributed by atoms with van der Waals surface area (Å²) in [7, 11) is 0. The largest absolute Gasteiger partial charge is 0.372 e. The summed E-state index contributed by atoms with van der Waals surface area (Å²) in [6, 6.07) is 9.74. The van der Waals surface area contributed by atoms with Crippen molar-refractivity contribution in [3.05, 3.63) is 63.8 Å². The van der Waals surface area contributed by atoms with E-state index in [0.717, 1.165) is 46.9 Å². The van der Waals surface area contributed by atoms with Gasteiger partial charge in [0.15, 0.2) is 5.69 Å². The van der Waals surface area contributed by atoms with E-state index >= 15 is 0 Å². The van der Waals surface area contributed by atoms with Crippen LogP contribution >= 0.6 is 11.6 Å². The Hall–Kier alpha value is -2.90. The zero-order valence-electron chi connectivity index (χ0n) is 19.6. The number of hydrogen-bond acceptors (Lipinski definition) is 6. The quantitative estimate of drug-likeness (QED) is 0.576. The Morgan fingerprint density at radius 3 is 2.36 bits per heavy atom. The number of aromatic nitrogens is 2. The summed E-state index contributed by atoms with van der Waals surface area (Å²) in [6.45, 7) is 11.7. The van der Waals surface area contributed by atoms with Crippen molar-refractivity contribution in [2.45, 2.75) is 53.4 Å². The summed E-state index contributed by atoms with van der Waals surface area (Å²) in [6.07, 6.45) is 0.243. The molecule has 0 saturated carbocycles. The Kier molecular flexibility index (Phi) is 6.72. The van der Waals surface area contributed by atoms with Crippen molar-refractivity contribution < 1.29 is 14.1 Å². The molecule has 2 aromatic heterocycles. The maximum atomic E-state index is 12.6. The first kappa shape index (κ1) is 23.3. The lowest BCUT2D eigenvalue weighted by Crippen LogP contribution is -2.45. The van der Waals surface area contributed by atoms with Crippen molar-refractivity contribution in [1.29, 1.82) is 0 Å². The van der Waals surface area contributed by atoms with Crippen LogP contribution in [0.15, 0.2) is 34.9 Å². The summed E-state index contributed by atoms with van der Waals surface area (Å²) in [5.41, 5.74) is 5.87. The monoisotopic (exact) mass is 468 g/mol. The molecule has 0 radical (unpaired) electrons. The first-order valence-corrected chi connectivity index (χ1v) is 11.5. The highest BCUT2D eigenvalue weighted by atomic mass is 35.5. The number of aryl methyl sites for hydroxylation is 3. The van der Waals surface area contributed by atoms with Crippen molar-refractivity contribution in [2.24, 2.45) is 0 Å². The summed E-state index contributed by atoms with van der Waals surface area (Å²) in [5.74, 6) is 0.291. The molecule has 2 atom stereocenters. The number of amides is 1. The fraction of sp³-hybridized carbons (Fsp3) is 0.400. The number of anilines is 1. The zero-order valence-corrected chi connectivity index (χ0v) is 20.4. The molecule has 1 aliphatic heterocycles. The smallest absolute Gasteiger partial charge is 0.273 e. The van der Waals surface area contributed by atoms with Crippen LogP contribution in [0.1, 0.15) is 47.0 Å². The molecule has 3 aromatic rings. The minimum Gasteiger partial charge on any atom is -0.372 e. The molecule has 0 unspecified atom stereocenters. The van der Waals surface area contributed by atoms with Gasteiger partial charge in [-0.3, -0.25) is 9.78 Å². The molecule has 3 heterocycles. The van der Waals surface area contributed by atoms with Crippen LogP contribution in [-0.2, 0) is 11.3 Å². The van der Waals surface area contributed by atoms with Gasteiger partial charge in [0.2, 0.25) is 0 Å². The van der Waals surface area contributed by atoms with E-state index in [1.165, 1.54) is 0 Å². The second kappa shape index (κ2) is 9.53. The van der Waals surface area contributed by atoms with Gasteiger partial charge in [0.05, 0.1) is 17.2 Å². The molecule has 174 valence electrons. The van der Waals surface area contributed by atoms with E-state index in [0.29, 0.717) is 17.3 Å². The van der Waals surface area contributed by atoms with E-state index in [1.54, 1.807) is 13.0 Å². The van der Waals surface area contributed by atoms with Gasteiger partial charge < -0.3 is 19.5 Å². The summed E-state index contributed by atoms with van der Waals surface area (Å²) in [4.78, 5) is 19.4. The normalized spacial score (nSPS) is 18.4. The third-order valence-corrected chi connectivity index (χ3v) is 5.91. The van der Waals surface area contributed by atoms with Crippen LogP contribution in [0.3, 0.4) is 0 Å². The average Bonchev–Trinajstić information content (AvgIpc) is 3.16. The predicted molar refractivity (Wildman–Crippen MR) is 129 cm³/mol. The van der Waals surface area contributed by atoms with Crippen LogP contribution in [-0.4, -0.2) is 41.3 Å². The van der Waals surface area contributed by atoms with Gasteiger partial charge in [-0.15, -0.1) is 0 Å². The zero-order chi connectivity index (χ0) is 23.7. The molecule has 0 aliphatic carbocycles. The van der Waals surface area contributed by atoms with Crippen molar-refractivity contribution in [3.8, 4) is 11.1 Å². The van der Waals surface area contributed by atoms with E-state index in [4.69, 9.17) is 20.9 Å². The number of nitrogens with zero attached hydrogens (tertiary/aromatic N) is 3. The van der Waals surface area contributed by atoms with Gasteiger partial charge in [-0.25, -0.2) is 0 Å². The van der Waals surface area contributed by atoms with Gasteiger partial charge in [-0.2, -0.15) is 0 Å². The van der Waals surface area contributed by atoms with Crippen LogP contribution < -0.4 is 10.2 Å². The molecule has 0 spiro atoms. The fourth-order valence-electron chi connectivity index (χ4n) is 4.40. The third-order valence-electron chi connectivity index (χ3n) is 5.61. The number of rotatable bonds is 5. The lowest BCUT2D eigenvalue weighted by atomic mass is 9.97. The van der Waals surface area contributed by atoms with Gasteiger partial charge in [0, 0.05) is 48.3 Å². The highest BCUT2D eigenvalue weighted by Crippen LogP contribution is 2.37. The topological polar surface area (TPSA) is 80.5 Å². The van der Waals surface area contributed by atoms with E-state index in [1.807, 2.05) is 32.0 Å². The van der Waals surface area contributed by atoms with Crippen LogP contribution in [0, 0.1) is 20.8 Å². The SMILES string of the molecule is Cc1cc(-c2c(Cl)cc(N3C[C@@H](C)O[C@@H](C)C3)cc2CNC(=O)c2cc(C)on2)cc(C)n1. The number of pyridine rings is 1. The van der Waals surface area contributed by atoms with E-state index in [9.17, 15) is 4.79 Å². The number of benzene rings is 1. The molecule has 1 fully saturated rings. The Morgan fingerprint density at radius 2 is 1.76 bits per heavy atom. The lowest BCUT2D eigenvalue weighted by Gasteiger charge is -2.37. The molecule has 4 rings (SSSR count). The Balaban J connectivity index is 1.72. The Labute approximate surface area is 199 Å². The molecule has 8 heteroatoms. The summed E-state index contributed by atoms with van der Waals surface area (Å²) >= 11 is 6.88. The Morgan fingerprint density at radius 1 is 1.09 bits per heavy atom. The minimum atomic E-state index is -0.296. The molecule has 33 heavy (non-hydrogen) atoms. The highest BCUT2D eigenvalue weighted by Gasteiger charge is 2.24. The molecular formula is C25H29ClN4O3. The number of morpholine rings is 1. The molecule has 1 aliphatic rings. The van der Waals surface area contributed by atoms with Crippen molar-refractivity contribution >= 4 is 23.2 Å². The summed E-state index contributed by atoms with van der Waals surface area (Å²) in [5, 5.41) is 7.41. The number of ether oxygens (including phenoxy) is 1. The molecule has 0 bridgehead atoms. The molecule has 1 aromatic carbocycles. The van der Waals surface area contributed by atoms with Crippen molar-refractivity contribution in [1.82, 2.24) is 15.5 Å². The van der Waals surface area contributed by atoms with E-state index in [2.05, 4.69) is 40.3 Å². The number of carbonyl (C=O) groups excluding carboxylic acids is 1. The van der Waals surface area contributed by atoms with Gasteiger partial charge in [0.25, 0.3) is 5.91 Å². The molecule has 1 amide bonds. The van der Waals surface area contributed by atoms with Crippen LogP contribution in [0.25, 0.3) is 11.1 Å². The van der Waals surface area contributed by atoms with Crippen molar-refractivity contribution in [3.63, 3.8) is 0 Å². The number of nitrogens with one attached hydrogen (secondary N) is 1. The van der Waals surface area contributed by atoms with Gasteiger partial charge in [-0.1, -0.05) is 16.8 Å². The van der Waals surface area contributed by atoms with Crippen molar-refractivity contribution in [2.75, 3.05) is 18.0 Å². The standard InChI is InChI=1S/C25H29ClN4O3/c1-14-6-19(7-15(2)28-14)24-20(11-27-25(31)23-8-16(3)33-29-23)9-21(10-22(24)26)30-12-17(4)32-18(5)13-30/h6-10,17-18H,11-13H2,1-5H3,(H,27,31)/t17-,18+. The van der Waals surface area contributed by atoms with E-state index in [-0.39, 0.29) is 23.8 Å². The van der Waals surface area contributed by atoms with E-state index < -0.39 is 0 Å². The average molecular weight is 469 g/mol. The summed E-state index contributed by atoms with van der Waals surface area (Å²) < 4.78 is 10.9. The number of hydrogen-bond donors (Lipinski definition) is 1. The minimum absolute atomic E-state index is 0.122. The molecule has 1 N–H and O–H groups in total. The molecular weight excluding hydrogens is 440 g/mol. The highest BCUT2D eigenvalue weighted by molar-refractivity contribution is 6.33. The number of halogens is 1. The van der Waals surface area contributed by atoms with Crippen LogP contribution in [0.2, 0.25) is 5.02 Å². The first-order valence-electron chi connectivity index (χ1n) is 11.1. The molecule has 7 nitrogen and oxygen atoms in total. The lowest BCUT2D eigenvalue weighted by molar-refractivity contribution is -0.00522.